The van der Waals surface area contributed by atoms with E-state index in [-0.39, 0.29) is 13.1 Å². The number of hydrogen-bond donors (Lipinski definition) is 0. The number of nitrogens with zero attached hydrogens (tertiary/aromatic N) is 2. The van der Waals surface area contributed by atoms with Crippen LogP contribution in [0, 0.1) is 0 Å². The van der Waals surface area contributed by atoms with Gasteiger partial charge in [-0.15, -0.1) is 0 Å². The number of amides is 2. The summed E-state index contributed by atoms with van der Waals surface area (Å²) < 4.78 is 27.0. The molecule has 2 aromatic rings. The van der Waals surface area contributed by atoms with E-state index in [0.29, 0.717) is 11.1 Å². The summed E-state index contributed by atoms with van der Waals surface area (Å²) in [4.78, 5) is 24.2. The Morgan fingerprint density at radius 2 is 1.08 bits per heavy atom. The summed E-state index contributed by atoms with van der Waals surface area (Å²) >= 11 is 0. The number of benzene rings is 2. The van der Waals surface area contributed by atoms with Gasteiger partial charge in [-0.3, -0.25) is 9.59 Å². The summed E-state index contributed by atoms with van der Waals surface area (Å²) in [6.45, 7) is -0.166. The molecule has 0 aliphatic carbocycles. The molecule has 7 heteroatoms. The molecule has 6 nitrogen and oxygen atoms in total. The van der Waals surface area contributed by atoms with Gasteiger partial charge in [-0.2, -0.15) is 8.42 Å². The Balaban J connectivity index is 1.90. The van der Waals surface area contributed by atoms with Gasteiger partial charge in [-0.25, -0.2) is 8.61 Å². The zero-order valence-electron chi connectivity index (χ0n) is 12.8. The fourth-order valence-electron chi connectivity index (χ4n) is 2.52. The molecule has 1 aliphatic heterocycles. The predicted octanol–water partition coefficient (Wildman–Crippen LogP) is 1.69. The van der Waals surface area contributed by atoms with Crippen molar-refractivity contribution in [2.75, 3.05) is 0 Å². The molecular formula is C17H16N2O4S. The molecule has 1 saturated heterocycles. The van der Waals surface area contributed by atoms with Crippen LogP contribution in [0.2, 0.25) is 0 Å². The van der Waals surface area contributed by atoms with Crippen LogP contribution in [0.5, 0.6) is 0 Å². The van der Waals surface area contributed by atoms with E-state index in [4.69, 9.17) is 0 Å². The topological polar surface area (TPSA) is 74.8 Å². The standard InChI is InChI=1S/C17H16N2O4S/c20-16-11-17(21)19(13-15-9-5-2-6-10-15)24(22,23)18(16)12-14-7-3-1-4-8-14/h1-10H,11-13H2. The second-order valence-electron chi connectivity index (χ2n) is 5.46. The van der Waals surface area contributed by atoms with Crippen molar-refractivity contribution in [3.05, 3.63) is 71.8 Å². The van der Waals surface area contributed by atoms with Crippen LogP contribution in [0.15, 0.2) is 60.7 Å². The van der Waals surface area contributed by atoms with E-state index in [1.165, 1.54) is 0 Å². The smallest absolute Gasteiger partial charge is 0.273 e. The highest BCUT2D eigenvalue weighted by molar-refractivity contribution is 7.88. The van der Waals surface area contributed by atoms with Gasteiger partial charge in [0.05, 0.1) is 13.1 Å². The third kappa shape index (κ3) is 3.16. The maximum absolute atomic E-state index is 12.8. The molecule has 24 heavy (non-hydrogen) atoms. The first-order valence-electron chi connectivity index (χ1n) is 7.42. The summed E-state index contributed by atoms with van der Waals surface area (Å²) in [7, 11) is -4.19. The minimum atomic E-state index is -4.19. The highest BCUT2D eigenvalue weighted by Gasteiger charge is 2.42. The lowest BCUT2D eigenvalue weighted by Gasteiger charge is -2.34. The van der Waals surface area contributed by atoms with Crippen molar-refractivity contribution in [3.8, 4) is 0 Å². The molecule has 0 atom stereocenters. The maximum Gasteiger partial charge on any atom is 0.331 e. The molecule has 0 unspecified atom stereocenters. The van der Waals surface area contributed by atoms with Crippen LogP contribution >= 0.6 is 0 Å². The fourth-order valence-corrected chi connectivity index (χ4v) is 4.03. The SMILES string of the molecule is O=C1CC(=O)N(Cc2ccccc2)S(=O)(=O)N1Cc1ccccc1. The molecule has 0 aromatic heterocycles. The van der Waals surface area contributed by atoms with E-state index >= 15 is 0 Å². The molecule has 0 radical (unpaired) electrons. The molecule has 0 spiro atoms. The maximum atomic E-state index is 12.8. The zero-order valence-corrected chi connectivity index (χ0v) is 13.6. The van der Waals surface area contributed by atoms with E-state index in [2.05, 4.69) is 0 Å². The lowest BCUT2D eigenvalue weighted by molar-refractivity contribution is -0.138. The van der Waals surface area contributed by atoms with Crippen LogP contribution in [0.3, 0.4) is 0 Å². The first-order chi connectivity index (χ1) is 11.5. The first kappa shape index (κ1) is 16.2. The quantitative estimate of drug-likeness (QED) is 0.791. The van der Waals surface area contributed by atoms with Gasteiger partial charge in [0.1, 0.15) is 6.42 Å². The van der Waals surface area contributed by atoms with Crippen LogP contribution in [0.1, 0.15) is 17.5 Å². The van der Waals surface area contributed by atoms with Crippen molar-refractivity contribution in [3.63, 3.8) is 0 Å². The second-order valence-corrected chi connectivity index (χ2v) is 7.23. The molecule has 1 heterocycles. The van der Waals surface area contributed by atoms with Gasteiger partial charge >= 0.3 is 10.2 Å². The summed E-state index contributed by atoms with van der Waals surface area (Å²) in [6.07, 6.45) is -0.446. The largest absolute Gasteiger partial charge is 0.331 e. The Morgan fingerprint density at radius 1 is 0.708 bits per heavy atom. The van der Waals surface area contributed by atoms with Crippen molar-refractivity contribution >= 4 is 22.0 Å². The Kier molecular flexibility index (Phi) is 4.35. The molecule has 0 bridgehead atoms. The first-order valence-corrected chi connectivity index (χ1v) is 8.82. The summed E-state index contributed by atoms with van der Waals surface area (Å²) in [5, 5.41) is 0. The minimum Gasteiger partial charge on any atom is -0.273 e. The van der Waals surface area contributed by atoms with E-state index < -0.39 is 28.4 Å². The van der Waals surface area contributed by atoms with Gasteiger partial charge in [0, 0.05) is 0 Å². The fraction of sp³-hybridized carbons (Fsp3) is 0.176. The third-order valence-electron chi connectivity index (χ3n) is 3.75. The molecule has 1 fully saturated rings. The average molecular weight is 344 g/mol. The van der Waals surface area contributed by atoms with Crippen LogP contribution in [-0.2, 0) is 32.9 Å². The average Bonchev–Trinajstić information content (AvgIpc) is 2.57. The van der Waals surface area contributed by atoms with E-state index in [1.54, 1.807) is 60.7 Å². The van der Waals surface area contributed by atoms with Crippen molar-refractivity contribution in [2.45, 2.75) is 19.5 Å². The molecule has 124 valence electrons. The molecule has 0 N–H and O–H groups in total. The van der Waals surface area contributed by atoms with E-state index in [9.17, 15) is 18.0 Å². The predicted molar refractivity (Wildman–Crippen MR) is 87.5 cm³/mol. The lowest BCUT2D eigenvalue weighted by Crippen LogP contribution is -2.54. The minimum absolute atomic E-state index is 0.0828. The van der Waals surface area contributed by atoms with Crippen LogP contribution < -0.4 is 0 Å². The monoisotopic (exact) mass is 344 g/mol. The van der Waals surface area contributed by atoms with Gasteiger partial charge in [-0.05, 0) is 11.1 Å². The van der Waals surface area contributed by atoms with E-state index in [1.807, 2.05) is 0 Å². The Bertz CT molecular complexity index is 785. The van der Waals surface area contributed by atoms with Crippen LogP contribution in [-0.4, -0.2) is 28.8 Å². The molecular weight excluding hydrogens is 328 g/mol. The normalized spacial score (nSPS) is 17.2. The molecule has 2 aromatic carbocycles. The molecule has 2 amide bonds. The molecule has 0 saturated carbocycles. The van der Waals surface area contributed by atoms with Gasteiger partial charge in [-0.1, -0.05) is 60.7 Å². The van der Waals surface area contributed by atoms with Crippen LogP contribution in [0.4, 0.5) is 0 Å². The Hall–Kier alpha value is -2.67. The molecule has 1 aliphatic rings. The second kappa shape index (κ2) is 6.45. The van der Waals surface area contributed by atoms with Crippen molar-refractivity contribution < 1.29 is 18.0 Å². The number of carbonyl (C=O) groups excluding carboxylic acids is 2. The Labute approximate surface area is 140 Å². The van der Waals surface area contributed by atoms with Gasteiger partial charge in [0.15, 0.2) is 0 Å². The highest BCUT2D eigenvalue weighted by Crippen LogP contribution is 2.23. The van der Waals surface area contributed by atoms with Crippen LogP contribution in [0.25, 0.3) is 0 Å². The van der Waals surface area contributed by atoms with Crippen molar-refractivity contribution in [1.82, 2.24) is 8.61 Å². The summed E-state index contributed by atoms with van der Waals surface area (Å²) in [5.74, 6) is -1.40. The summed E-state index contributed by atoms with van der Waals surface area (Å²) in [6, 6.07) is 17.6. The van der Waals surface area contributed by atoms with Gasteiger partial charge in [0.2, 0.25) is 11.8 Å². The number of rotatable bonds is 4. The lowest BCUT2D eigenvalue weighted by atomic mass is 10.2. The Morgan fingerprint density at radius 3 is 1.46 bits per heavy atom. The zero-order chi connectivity index (χ0) is 17.2. The number of carbonyl (C=O) groups is 2. The van der Waals surface area contributed by atoms with E-state index in [0.717, 1.165) is 8.61 Å². The van der Waals surface area contributed by atoms with Crippen molar-refractivity contribution in [2.24, 2.45) is 0 Å². The summed E-state index contributed by atoms with van der Waals surface area (Å²) in [5.41, 5.74) is 1.37. The van der Waals surface area contributed by atoms with Crippen molar-refractivity contribution in [1.29, 1.82) is 0 Å². The number of hydrogen-bond acceptors (Lipinski definition) is 4. The highest BCUT2D eigenvalue weighted by atomic mass is 32.2. The molecule has 3 rings (SSSR count). The third-order valence-corrected chi connectivity index (χ3v) is 5.53. The van der Waals surface area contributed by atoms with Gasteiger partial charge < -0.3 is 0 Å². The van der Waals surface area contributed by atoms with Gasteiger partial charge in [0.25, 0.3) is 0 Å².